The lowest BCUT2D eigenvalue weighted by Gasteiger charge is -2.32. The normalized spacial score (nSPS) is 14.5. The van der Waals surface area contributed by atoms with E-state index in [4.69, 9.17) is 16.3 Å². The summed E-state index contributed by atoms with van der Waals surface area (Å²) in [5, 5.41) is 6.46. The molecule has 27 heavy (non-hydrogen) atoms. The van der Waals surface area contributed by atoms with Crippen molar-refractivity contribution in [2.75, 3.05) is 25.0 Å². The van der Waals surface area contributed by atoms with Crippen LogP contribution in [-0.2, 0) is 4.79 Å². The van der Waals surface area contributed by atoms with E-state index < -0.39 is 0 Å². The molecule has 142 valence electrons. The number of halogens is 1. The predicted molar refractivity (Wildman–Crippen MR) is 105 cm³/mol. The lowest BCUT2D eigenvalue weighted by atomic mass is 10.1. The van der Waals surface area contributed by atoms with Crippen LogP contribution >= 0.6 is 11.6 Å². The largest absolute Gasteiger partial charge is 0.484 e. The molecule has 1 heterocycles. The quantitative estimate of drug-likeness (QED) is 0.824. The van der Waals surface area contributed by atoms with Crippen LogP contribution in [0.5, 0.6) is 5.75 Å². The van der Waals surface area contributed by atoms with Crippen LogP contribution in [0.1, 0.15) is 12.8 Å². The van der Waals surface area contributed by atoms with E-state index in [-0.39, 0.29) is 24.6 Å². The molecule has 3 rings (SSSR count). The Kier molecular flexibility index (Phi) is 6.54. The molecule has 1 aliphatic rings. The second-order valence-electron chi connectivity index (χ2n) is 6.37. The van der Waals surface area contributed by atoms with Crippen molar-refractivity contribution in [3.05, 3.63) is 59.6 Å². The predicted octanol–water partition coefficient (Wildman–Crippen LogP) is 3.53. The van der Waals surface area contributed by atoms with E-state index in [9.17, 15) is 9.59 Å². The van der Waals surface area contributed by atoms with Crippen molar-refractivity contribution < 1.29 is 14.3 Å². The van der Waals surface area contributed by atoms with Crippen LogP contribution in [0.4, 0.5) is 10.5 Å². The minimum Gasteiger partial charge on any atom is -0.484 e. The molecule has 0 saturated carbocycles. The van der Waals surface area contributed by atoms with Crippen LogP contribution in [0.3, 0.4) is 0 Å². The highest BCUT2D eigenvalue weighted by molar-refractivity contribution is 6.30. The number of carbonyl (C=O) groups excluding carboxylic acids is 2. The Morgan fingerprint density at radius 3 is 2.37 bits per heavy atom. The number of piperidine rings is 1. The highest BCUT2D eigenvalue weighted by Crippen LogP contribution is 2.16. The van der Waals surface area contributed by atoms with E-state index in [1.807, 2.05) is 30.3 Å². The first-order chi connectivity index (χ1) is 13.1. The zero-order chi connectivity index (χ0) is 19.1. The molecule has 2 aromatic rings. The van der Waals surface area contributed by atoms with Crippen molar-refractivity contribution in [1.82, 2.24) is 10.2 Å². The fourth-order valence-corrected chi connectivity index (χ4v) is 3.03. The van der Waals surface area contributed by atoms with E-state index >= 15 is 0 Å². The van der Waals surface area contributed by atoms with E-state index in [0.717, 1.165) is 18.5 Å². The van der Waals surface area contributed by atoms with Gasteiger partial charge in [-0.15, -0.1) is 0 Å². The molecule has 6 nitrogen and oxygen atoms in total. The van der Waals surface area contributed by atoms with Crippen LogP contribution in [-0.4, -0.2) is 42.6 Å². The van der Waals surface area contributed by atoms with Crippen molar-refractivity contribution in [2.45, 2.75) is 18.9 Å². The molecule has 0 radical (unpaired) electrons. The average Bonchev–Trinajstić information content (AvgIpc) is 2.69. The highest BCUT2D eigenvalue weighted by atomic mass is 35.5. The number of amides is 3. The van der Waals surface area contributed by atoms with Crippen LogP contribution in [0.15, 0.2) is 54.6 Å². The van der Waals surface area contributed by atoms with Crippen LogP contribution in [0, 0.1) is 0 Å². The van der Waals surface area contributed by atoms with Gasteiger partial charge in [-0.3, -0.25) is 4.79 Å². The maximum atomic E-state index is 12.3. The maximum absolute atomic E-state index is 12.3. The van der Waals surface area contributed by atoms with Crippen LogP contribution < -0.4 is 15.4 Å². The van der Waals surface area contributed by atoms with Crippen molar-refractivity contribution >= 4 is 29.2 Å². The first kappa shape index (κ1) is 19.0. The monoisotopic (exact) mass is 387 g/mol. The Morgan fingerprint density at radius 2 is 1.70 bits per heavy atom. The summed E-state index contributed by atoms with van der Waals surface area (Å²) in [5.74, 6) is 0.430. The molecule has 3 amide bonds. The Hall–Kier alpha value is -2.73. The van der Waals surface area contributed by atoms with E-state index in [1.54, 1.807) is 29.2 Å². The van der Waals surface area contributed by atoms with Gasteiger partial charge < -0.3 is 20.3 Å². The molecule has 2 N–H and O–H groups in total. The minimum atomic E-state index is -0.169. The van der Waals surface area contributed by atoms with Crippen molar-refractivity contribution in [3.8, 4) is 5.75 Å². The number of benzene rings is 2. The molecular formula is C20H22ClN3O3. The third-order valence-electron chi connectivity index (χ3n) is 4.36. The number of ether oxygens (including phenoxy) is 1. The number of carbonyl (C=O) groups is 2. The molecular weight excluding hydrogens is 366 g/mol. The van der Waals surface area contributed by atoms with Crippen LogP contribution in [0.25, 0.3) is 0 Å². The van der Waals surface area contributed by atoms with Crippen molar-refractivity contribution in [3.63, 3.8) is 0 Å². The van der Waals surface area contributed by atoms with Gasteiger partial charge in [-0.1, -0.05) is 29.8 Å². The third-order valence-corrected chi connectivity index (χ3v) is 4.61. The first-order valence-electron chi connectivity index (χ1n) is 8.89. The summed E-state index contributed by atoms with van der Waals surface area (Å²) in [6, 6.07) is 16.2. The Bertz CT molecular complexity index is 760. The zero-order valence-corrected chi connectivity index (χ0v) is 15.6. The number of rotatable bonds is 5. The minimum absolute atomic E-state index is 0.0453. The zero-order valence-electron chi connectivity index (χ0n) is 14.9. The summed E-state index contributed by atoms with van der Waals surface area (Å²) < 4.78 is 5.44. The summed E-state index contributed by atoms with van der Waals surface area (Å²) >= 11 is 5.82. The SMILES string of the molecule is O=C(COc1ccc(Cl)cc1)NC1CCN(C(=O)Nc2ccccc2)CC1. The second-order valence-corrected chi connectivity index (χ2v) is 6.80. The summed E-state index contributed by atoms with van der Waals surface area (Å²) in [6.45, 7) is 1.15. The van der Waals surface area contributed by atoms with Crippen molar-refractivity contribution in [2.24, 2.45) is 0 Å². The molecule has 1 fully saturated rings. The van der Waals surface area contributed by atoms with Gasteiger partial charge >= 0.3 is 6.03 Å². The molecule has 0 spiro atoms. The van der Waals surface area contributed by atoms with Gasteiger partial charge in [0.1, 0.15) is 5.75 Å². The van der Waals surface area contributed by atoms with Gasteiger partial charge in [-0.25, -0.2) is 4.79 Å². The topological polar surface area (TPSA) is 70.7 Å². The van der Waals surface area contributed by atoms with Gasteiger partial charge in [-0.05, 0) is 49.2 Å². The molecule has 0 aromatic heterocycles. The molecule has 0 aliphatic carbocycles. The molecule has 0 atom stereocenters. The van der Waals surface area contributed by atoms with E-state index in [2.05, 4.69) is 10.6 Å². The number of hydrogen-bond acceptors (Lipinski definition) is 3. The third kappa shape index (κ3) is 5.89. The molecule has 0 bridgehead atoms. The van der Waals surface area contributed by atoms with Gasteiger partial charge in [0.2, 0.25) is 0 Å². The number of urea groups is 1. The average molecular weight is 388 g/mol. The molecule has 1 aliphatic heterocycles. The fraction of sp³-hybridized carbons (Fsp3) is 0.300. The van der Waals surface area contributed by atoms with Gasteiger partial charge in [0.15, 0.2) is 6.61 Å². The number of anilines is 1. The number of hydrogen-bond donors (Lipinski definition) is 2. The number of para-hydroxylation sites is 1. The van der Waals surface area contributed by atoms with Gasteiger partial charge in [-0.2, -0.15) is 0 Å². The summed E-state index contributed by atoms with van der Waals surface area (Å²) in [5.41, 5.74) is 0.775. The molecule has 7 heteroatoms. The highest BCUT2D eigenvalue weighted by Gasteiger charge is 2.24. The summed E-state index contributed by atoms with van der Waals surface area (Å²) in [4.78, 5) is 26.1. The Morgan fingerprint density at radius 1 is 1.04 bits per heavy atom. The van der Waals surface area contributed by atoms with Gasteiger partial charge in [0.25, 0.3) is 5.91 Å². The van der Waals surface area contributed by atoms with Gasteiger partial charge in [0, 0.05) is 29.8 Å². The summed E-state index contributed by atoms with van der Waals surface area (Å²) in [7, 11) is 0. The fourth-order valence-electron chi connectivity index (χ4n) is 2.90. The lowest BCUT2D eigenvalue weighted by molar-refractivity contribution is -0.124. The smallest absolute Gasteiger partial charge is 0.321 e. The first-order valence-corrected chi connectivity index (χ1v) is 9.26. The number of nitrogens with one attached hydrogen (secondary N) is 2. The molecule has 2 aromatic carbocycles. The molecule has 0 unspecified atom stereocenters. The van der Waals surface area contributed by atoms with Gasteiger partial charge in [0.05, 0.1) is 0 Å². The standard InChI is InChI=1S/C20H22ClN3O3/c21-15-6-8-18(9-7-15)27-14-19(25)22-17-10-12-24(13-11-17)20(26)23-16-4-2-1-3-5-16/h1-9,17H,10-14H2,(H,22,25)(H,23,26). The second kappa shape index (κ2) is 9.28. The lowest BCUT2D eigenvalue weighted by Crippen LogP contribution is -2.48. The Labute approximate surface area is 163 Å². The van der Waals surface area contributed by atoms with Crippen LogP contribution in [0.2, 0.25) is 5.02 Å². The number of nitrogens with zero attached hydrogens (tertiary/aromatic N) is 1. The number of likely N-dealkylation sites (tertiary alicyclic amines) is 1. The molecule has 1 saturated heterocycles. The van der Waals surface area contributed by atoms with Crippen molar-refractivity contribution in [1.29, 1.82) is 0 Å². The van der Waals surface area contributed by atoms with E-state index in [1.165, 1.54) is 0 Å². The Balaban J connectivity index is 1.38. The maximum Gasteiger partial charge on any atom is 0.321 e. The van der Waals surface area contributed by atoms with E-state index in [0.29, 0.717) is 23.9 Å². The summed E-state index contributed by atoms with van der Waals surface area (Å²) in [6.07, 6.45) is 1.43.